The molecule has 0 bridgehead atoms. The van der Waals surface area contributed by atoms with E-state index in [9.17, 15) is 4.79 Å². The summed E-state index contributed by atoms with van der Waals surface area (Å²) >= 11 is 5.56. The van der Waals surface area contributed by atoms with Crippen LogP contribution >= 0.6 is 11.6 Å². The van der Waals surface area contributed by atoms with Gasteiger partial charge in [0.1, 0.15) is 11.9 Å². The third-order valence-electron chi connectivity index (χ3n) is 2.00. The monoisotopic (exact) mass is 259 g/mol. The number of nitrogens with zero attached hydrogens (tertiary/aromatic N) is 4. The normalized spacial score (nSPS) is 9.56. The number of carbonyl (C=O) groups excluding carboxylic acids is 1. The Hall–Kier alpha value is -2.52. The van der Waals surface area contributed by atoms with Gasteiger partial charge in [0.05, 0.1) is 5.56 Å². The summed E-state index contributed by atoms with van der Waals surface area (Å²) in [6.45, 7) is 0. The Morgan fingerprint density at radius 3 is 2.67 bits per heavy atom. The first-order chi connectivity index (χ1) is 8.69. The first-order valence-electron chi connectivity index (χ1n) is 4.86. The molecule has 7 heteroatoms. The number of hydrogen-bond donors (Lipinski definition) is 1. The molecular weight excluding hydrogens is 254 g/mol. The van der Waals surface area contributed by atoms with Crippen LogP contribution in [0.2, 0.25) is 5.15 Å². The van der Waals surface area contributed by atoms with E-state index >= 15 is 0 Å². The van der Waals surface area contributed by atoms with Crippen LogP contribution in [0.15, 0.2) is 30.5 Å². The lowest BCUT2D eigenvalue weighted by molar-refractivity contribution is 0.102. The maximum atomic E-state index is 11.7. The number of amides is 1. The predicted octanol–water partition coefficient (Wildman–Crippen LogP) is 1.65. The summed E-state index contributed by atoms with van der Waals surface area (Å²) in [5, 5.41) is 18.5. The van der Waals surface area contributed by atoms with Crippen LogP contribution in [0.5, 0.6) is 0 Å². The van der Waals surface area contributed by atoms with Crippen LogP contribution in [0.4, 0.5) is 5.82 Å². The van der Waals surface area contributed by atoms with Crippen LogP contribution in [0, 0.1) is 11.3 Å². The number of carbonyl (C=O) groups is 1. The molecule has 0 aromatic carbocycles. The minimum Gasteiger partial charge on any atom is -0.305 e. The molecule has 18 heavy (non-hydrogen) atoms. The minimum absolute atomic E-state index is 0.130. The molecule has 88 valence electrons. The quantitative estimate of drug-likeness (QED) is 0.885. The average Bonchev–Trinajstić information content (AvgIpc) is 2.40. The van der Waals surface area contributed by atoms with Crippen LogP contribution in [0.25, 0.3) is 0 Å². The summed E-state index contributed by atoms with van der Waals surface area (Å²) in [6, 6.07) is 7.93. The standard InChI is InChI=1S/C11H6ClN5O/c12-9-3-2-8(16-17-9)11(18)15-10-4-1-7(5-13)6-14-10/h1-4,6H,(H,14,15,18). The van der Waals surface area contributed by atoms with Gasteiger partial charge >= 0.3 is 0 Å². The second kappa shape index (κ2) is 5.21. The number of nitriles is 1. The first-order valence-corrected chi connectivity index (χ1v) is 5.23. The van der Waals surface area contributed by atoms with E-state index in [1.807, 2.05) is 6.07 Å². The lowest BCUT2D eigenvalue weighted by atomic mass is 10.3. The van der Waals surface area contributed by atoms with Gasteiger partial charge in [-0.25, -0.2) is 4.98 Å². The van der Waals surface area contributed by atoms with Gasteiger partial charge < -0.3 is 5.32 Å². The predicted molar refractivity (Wildman–Crippen MR) is 63.9 cm³/mol. The molecule has 2 heterocycles. The summed E-state index contributed by atoms with van der Waals surface area (Å²) < 4.78 is 0. The second-order valence-corrected chi connectivity index (χ2v) is 3.63. The number of nitrogens with one attached hydrogen (secondary N) is 1. The van der Waals surface area contributed by atoms with Gasteiger partial charge in [0, 0.05) is 6.20 Å². The van der Waals surface area contributed by atoms with Crippen molar-refractivity contribution >= 4 is 23.3 Å². The summed E-state index contributed by atoms with van der Waals surface area (Å²) in [4.78, 5) is 15.6. The van der Waals surface area contributed by atoms with E-state index in [4.69, 9.17) is 16.9 Å². The molecule has 0 atom stereocenters. The fourth-order valence-corrected chi connectivity index (χ4v) is 1.25. The molecule has 0 saturated carbocycles. The van der Waals surface area contributed by atoms with Crippen molar-refractivity contribution < 1.29 is 4.79 Å². The molecule has 2 aromatic rings. The molecule has 2 aromatic heterocycles. The van der Waals surface area contributed by atoms with E-state index in [2.05, 4.69) is 20.5 Å². The fraction of sp³-hybridized carbons (Fsp3) is 0. The zero-order chi connectivity index (χ0) is 13.0. The molecule has 0 aliphatic heterocycles. The third kappa shape index (κ3) is 2.78. The Morgan fingerprint density at radius 1 is 1.28 bits per heavy atom. The van der Waals surface area contributed by atoms with Gasteiger partial charge in [0.2, 0.25) is 0 Å². The molecule has 0 spiro atoms. The largest absolute Gasteiger partial charge is 0.305 e. The molecule has 0 aliphatic rings. The lowest BCUT2D eigenvalue weighted by Crippen LogP contribution is -2.15. The SMILES string of the molecule is N#Cc1ccc(NC(=O)c2ccc(Cl)nn2)nc1. The van der Waals surface area contributed by atoms with Crippen LogP contribution in [-0.4, -0.2) is 21.1 Å². The van der Waals surface area contributed by atoms with Crippen LogP contribution in [0.3, 0.4) is 0 Å². The maximum absolute atomic E-state index is 11.7. The van der Waals surface area contributed by atoms with E-state index in [1.54, 1.807) is 6.07 Å². The Morgan fingerprint density at radius 2 is 2.11 bits per heavy atom. The van der Waals surface area contributed by atoms with Crippen LogP contribution in [0.1, 0.15) is 16.1 Å². The number of pyridine rings is 1. The number of aromatic nitrogens is 3. The van der Waals surface area contributed by atoms with E-state index in [1.165, 1.54) is 24.4 Å². The molecule has 2 rings (SSSR count). The molecule has 0 unspecified atom stereocenters. The molecule has 1 N–H and O–H groups in total. The maximum Gasteiger partial charge on any atom is 0.277 e. The highest BCUT2D eigenvalue weighted by Crippen LogP contribution is 2.07. The van der Waals surface area contributed by atoms with Gasteiger partial charge in [0.15, 0.2) is 10.8 Å². The number of halogens is 1. The van der Waals surface area contributed by atoms with E-state index in [-0.39, 0.29) is 10.8 Å². The number of rotatable bonds is 2. The molecular formula is C11H6ClN5O. The summed E-state index contributed by atoms with van der Waals surface area (Å²) in [6.07, 6.45) is 1.36. The van der Waals surface area contributed by atoms with E-state index in [0.29, 0.717) is 11.4 Å². The number of anilines is 1. The first kappa shape index (κ1) is 12.0. The Bertz CT molecular complexity index is 603. The van der Waals surface area contributed by atoms with Crippen LogP contribution < -0.4 is 5.32 Å². The third-order valence-corrected chi connectivity index (χ3v) is 2.20. The Kier molecular flexibility index (Phi) is 3.46. The van der Waals surface area contributed by atoms with Crippen molar-refractivity contribution in [1.82, 2.24) is 15.2 Å². The van der Waals surface area contributed by atoms with Crippen molar-refractivity contribution in [2.24, 2.45) is 0 Å². The van der Waals surface area contributed by atoms with E-state index in [0.717, 1.165) is 0 Å². The smallest absolute Gasteiger partial charge is 0.277 e. The zero-order valence-electron chi connectivity index (χ0n) is 8.96. The van der Waals surface area contributed by atoms with Gasteiger partial charge in [0.25, 0.3) is 5.91 Å². The highest BCUT2D eigenvalue weighted by atomic mass is 35.5. The summed E-state index contributed by atoms with van der Waals surface area (Å²) in [7, 11) is 0. The average molecular weight is 260 g/mol. The van der Waals surface area contributed by atoms with Gasteiger partial charge in [-0.2, -0.15) is 5.26 Å². The van der Waals surface area contributed by atoms with Crippen LogP contribution in [-0.2, 0) is 0 Å². The van der Waals surface area contributed by atoms with Crippen molar-refractivity contribution in [2.75, 3.05) is 5.32 Å². The van der Waals surface area contributed by atoms with Gasteiger partial charge in [-0.05, 0) is 24.3 Å². The zero-order valence-corrected chi connectivity index (χ0v) is 9.72. The molecule has 0 aliphatic carbocycles. The number of hydrogen-bond acceptors (Lipinski definition) is 5. The van der Waals surface area contributed by atoms with Crippen molar-refractivity contribution in [3.63, 3.8) is 0 Å². The molecule has 1 amide bonds. The molecule has 0 saturated heterocycles. The minimum atomic E-state index is -0.448. The Balaban J connectivity index is 2.11. The Labute approximate surface area is 107 Å². The fourth-order valence-electron chi connectivity index (χ4n) is 1.15. The van der Waals surface area contributed by atoms with Gasteiger partial charge in [-0.3, -0.25) is 4.79 Å². The van der Waals surface area contributed by atoms with Crippen molar-refractivity contribution in [1.29, 1.82) is 5.26 Å². The van der Waals surface area contributed by atoms with Crippen molar-refractivity contribution in [3.05, 3.63) is 46.9 Å². The molecule has 0 radical (unpaired) electrons. The van der Waals surface area contributed by atoms with Gasteiger partial charge in [-0.15, -0.1) is 10.2 Å². The highest BCUT2D eigenvalue weighted by Gasteiger charge is 2.08. The van der Waals surface area contributed by atoms with Gasteiger partial charge in [-0.1, -0.05) is 11.6 Å². The summed E-state index contributed by atoms with van der Waals surface area (Å²) in [5.41, 5.74) is 0.546. The van der Waals surface area contributed by atoms with Crippen molar-refractivity contribution in [3.8, 4) is 6.07 Å². The molecule has 0 fully saturated rings. The topological polar surface area (TPSA) is 91.6 Å². The van der Waals surface area contributed by atoms with E-state index < -0.39 is 5.91 Å². The van der Waals surface area contributed by atoms with Crippen molar-refractivity contribution in [2.45, 2.75) is 0 Å². The molecule has 6 nitrogen and oxygen atoms in total. The summed E-state index contributed by atoms with van der Waals surface area (Å²) in [5.74, 6) is -0.118. The second-order valence-electron chi connectivity index (χ2n) is 3.24. The highest BCUT2D eigenvalue weighted by molar-refractivity contribution is 6.29. The lowest BCUT2D eigenvalue weighted by Gasteiger charge is -2.02.